The zero-order valence-corrected chi connectivity index (χ0v) is 12.7. The Morgan fingerprint density at radius 2 is 1.47 bits per heavy atom. The molecule has 0 fully saturated rings. The normalized spacial score (nSPS) is 10.6. The summed E-state index contributed by atoms with van der Waals surface area (Å²) in [6.07, 6.45) is 0. The first-order valence-electron chi connectivity index (χ1n) is 6.13. The van der Waals surface area contributed by atoms with Gasteiger partial charge in [0.15, 0.2) is 0 Å². The summed E-state index contributed by atoms with van der Waals surface area (Å²) in [4.78, 5) is 0. The van der Waals surface area contributed by atoms with Gasteiger partial charge in [0.05, 0.1) is 20.6 Å². The number of hydrogen-bond donors (Lipinski definition) is 0. The molecule has 0 radical (unpaired) electrons. The highest BCUT2D eigenvalue weighted by Crippen LogP contribution is 2.29. The number of aryl methyl sites for hydroxylation is 1. The van der Waals surface area contributed by atoms with Crippen LogP contribution in [0.25, 0.3) is 16.9 Å². The molecule has 0 atom stereocenters. The van der Waals surface area contributed by atoms with Crippen molar-refractivity contribution in [3.8, 4) is 16.9 Å². The molecule has 2 nitrogen and oxygen atoms in total. The van der Waals surface area contributed by atoms with Crippen LogP contribution in [0.2, 0.25) is 0 Å². The van der Waals surface area contributed by atoms with Gasteiger partial charge in [0, 0.05) is 5.56 Å². The molecule has 0 spiro atoms. The first kappa shape index (κ1) is 12.4. The van der Waals surface area contributed by atoms with Crippen molar-refractivity contribution in [3.63, 3.8) is 0 Å². The Balaban J connectivity index is 2.25. The summed E-state index contributed by atoms with van der Waals surface area (Å²) in [5, 5.41) is 4.67. The van der Waals surface area contributed by atoms with Gasteiger partial charge in [-0.25, -0.2) is 4.68 Å². The maximum absolute atomic E-state index is 4.67. The van der Waals surface area contributed by atoms with E-state index in [4.69, 9.17) is 0 Å². The van der Waals surface area contributed by atoms with E-state index in [-0.39, 0.29) is 0 Å². The van der Waals surface area contributed by atoms with Gasteiger partial charge in [0.25, 0.3) is 0 Å². The lowest BCUT2D eigenvalue weighted by molar-refractivity contribution is 0.869. The Morgan fingerprint density at radius 3 is 2.11 bits per heavy atom. The van der Waals surface area contributed by atoms with E-state index in [2.05, 4.69) is 64.1 Å². The minimum Gasteiger partial charge on any atom is -0.232 e. The van der Waals surface area contributed by atoms with Crippen LogP contribution in [0, 0.1) is 10.5 Å². The molecule has 3 heteroatoms. The van der Waals surface area contributed by atoms with Crippen molar-refractivity contribution in [2.24, 2.45) is 0 Å². The number of nitrogens with zero attached hydrogens (tertiary/aromatic N) is 2. The van der Waals surface area contributed by atoms with Crippen molar-refractivity contribution in [2.75, 3.05) is 0 Å². The fourth-order valence-corrected chi connectivity index (χ4v) is 2.76. The van der Waals surface area contributed by atoms with E-state index in [0.29, 0.717) is 0 Å². The Bertz CT molecular complexity index is 688. The lowest BCUT2D eigenvalue weighted by Gasteiger charge is -2.08. The van der Waals surface area contributed by atoms with E-state index in [9.17, 15) is 0 Å². The van der Waals surface area contributed by atoms with Gasteiger partial charge >= 0.3 is 0 Å². The maximum Gasteiger partial charge on any atom is 0.0877 e. The molecule has 0 saturated carbocycles. The highest BCUT2D eigenvalue weighted by atomic mass is 127. The average Bonchev–Trinajstić information content (AvgIpc) is 2.77. The molecule has 0 bridgehead atoms. The van der Waals surface area contributed by atoms with E-state index in [1.54, 1.807) is 0 Å². The molecule has 0 aliphatic heterocycles. The van der Waals surface area contributed by atoms with Crippen molar-refractivity contribution in [1.29, 1.82) is 0 Å². The largest absolute Gasteiger partial charge is 0.232 e. The smallest absolute Gasteiger partial charge is 0.0877 e. The van der Waals surface area contributed by atoms with Crippen LogP contribution in [0.3, 0.4) is 0 Å². The van der Waals surface area contributed by atoms with Crippen LogP contribution in [-0.4, -0.2) is 9.78 Å². The minimum absolute atomic E-state index is 1.06. The monoisotopic (exact) mass is 360 g/mol. The van der Waals surface area contributed by atoms with Crippen LogP contribution >= 0.6 is 22.6 Å². The van der Waals surface area contributed by atoms with Crippen LogP contribution in [0.15, 0.2) is 60.7 Å². The van der Waals surface area contributed by atoms with Crippen molar-refractivity contribution < 1.29 is 0 Å². The molecule has 1 heterocycles. The second kappa shape index (κ2) is 5.17. The first-order chi connectivity index (χ1) is 9.27. The molecule has 94 valence electrons. The summed E-state index contributed by atoms with van der Waals surface area (Å²) in [5.41, 5.74) is 4.50. The van der Waals surface area contributed by atoms with E-state index < -0.39 is 0 Å². The quantitative estimate of drug-likeness (QED) is 0.618. The number of hydrogen-bond acceptors (Lipinski definition) is 1. The SMILES string of the molecule is Cc1nn(-c2ccccc2)c(-c2ccccc2)c1I. The number of benzene rings is 2. The predicted octanol–water partition coefficient (Wildman–Crippen LogP) is 4.45. The summed E-state index contributed by atoms with van der Waals surface area (Å²) in [6, 6.07) is 20.6. The van der Waals surface area contributed by atoms with Gasteiger partial charge in [0.2, 0.25) is 0 Å². The lowest BCUT2D eigenvalue weighted by atomic mass is 10.1. The summed E-state index contributed by atoms with van der Waals surface area (Å²) >= 11 is 2.37. The van der Waals surface area contributed by atoms with E-state index in [0.717, 1.165) is 17.1 Å². The van der Waals surface area contributed by atoms with Crippen LogP contribution in [0.1, 0.15) is 5.69 Å². The molecule has 0 amide bonds. The molecular formula is C16H13IN2. The third kappa shape index (κ3) is 2.30. The second-order valence-corrected chi connectivity index (χ2v) is 5.44. The van der Waals surface area contributed by atoms with Gasteiger partial charge in [-0.05, 0) is 41.6 Å². The summed E-state index contributed by atoms with van der Waals surface area (Å²) in [6.45, 7) is 2.05. The van der Waals surface area contributed by atoms with E-state index >= 15 is 0 Å². The van der Waals surface area contributed by atoms with Crippen LogP contribution in [-0.2, 0) is 0 Å². The third-order valence-electron chi connectivity index (χ3n) is 3.04. The fraction of sp³-hybridized carbons (Fsp3) is 0.0625. The van der Waals surface area contributed by atoms with Gasteiger partial charge in [0.1, 0.15) is 0 Å². The Kier molecular flexibility index (Phi) is 3.38. The maximum atomic E-state index is 4.67. The molecule has 19 heavy (non-hydrogen) atoms. The molecule has 0 aliphatic rings. The van der Waals surface area contributed by atoms with Crippen LogP contribution in [0.5, 0.6) is 0 Å². The van der Waals surface area contributed by atoms with Crippen LogP contribution in [0.4, 0.5) is 0 Å². The fourth-order valence-electron chi connectivity index (χ4n) is 2.11. The summed E-state index contributed by atoms with van der Waals surface area (Å²) in [5.74, 6) is 0. The van der Waals surface area contributed by atoms with Gasteiger partial charge in [-0.1, -0.05) is 48.5 Å². The zero-order chi connectivity index (χ0) is 13.2. The molecule has 3 rings (SSSR count). The predicted molar refractivity (Wildman–Crippen MR) is 86.5 cm³/mol. The third-order valence-corrected chi connectivity index (χ3v) is 4.33. The lowest BCUT2D eigenvalue weighted by Crippen LogP contribution is -1.99. The van der Waals surface area contributed by atoms with Gasteiger partial charge < -0.3 is 0 Å². The van der Waals surface area contributed by atoms with Crippen LogP contribution < -0.4 is 0 Å². The number of aromatic nitrogens is 2. The van der Waals surface area contributed by atoms with Gasteiger partial charge in [-0.2, -0.15) is 5.10 Å². The molecule has 1 aromatic heterocycles. The van der Waals surface area contributed by atoms with Crippen molar-refractivity contribution in [2.45, 2.75) is 6.92 Å². The first-order valence-corrected chi connectivity index (χ1v) is 7.21. The van der Waals surface area contributed by atoms with Crippen molar-refractivity contribution >= 4 is 22.6 Å². The van der Waals surface area contributed by atoms with Crippen molar-refractivity contribution in [1.82, 2.24) is 9.78 Å². The summed E-state index contributed by atoms with van der Waals surface area (Å²) < 4.78 is 3.22. The Labute approximate surface area is 126 Å². The van der Waals surface area contributed by atoms with Gasteiger partial charge in [-0.15, -0.1) is 0 Å². The zero-order valence-electron chi connectivity index (χ0n) is 10.5. The van der Waals surface area contributed by atoms with E-state index in [1.165, 1.54) is 9.13 Å². The number of rotatable bonds is 2. The molecule has 2 aromatic carbocycles. The molecule has 0 aliphatic carbocycles. The number of halogens is 1. The molecule has 3 aromatic rings. The van der Waals surface area contributed by atoms with Crippen molar-refractivity contribution in [3.05, 3.63) is 69.9 Å². The molecule has 0 N–H and O–H groups in total. The second-order valence-electron chi connectivity index (χ2n) is 4.36. The minimum atomic E-state index is 1.06. The molecule has 0 saturated heterocycles. The Morgan fingerprint density at radius 1 is 0.895 bits per heavy atom. The average molecular weight is 360 g/mol. The number of para-hydroxylation sites is 1. The topological polar surface area (TPSA) is 17.8 Å². The molecular weight excluding hydrogens is 347 g/mol. The molecule has 0 unspecified atom stereocenters. The standard InChI is InChI=1S/C16H13IN2/c1-12-15(17)16(13-8-4-2-5-9-13)19(18-12)14-10-6-3-7-11-14/h2-11H,1H3. The summed E-state index contributed by atoms with van der Waals surface area (Å²) in [7, 11) is 0. The Hall–Kier alpha value is -1.62. The van der Waals surface area contributed by atoms with Gasteiger partial charge in [-0.3, -0.25) is 0 Å². The van der Waals surface area contributed by atoms with E-state index in [1.807, 2.05) is 35.9 Å². The highest BCUT2D eigenvalue weighted by molar-refractivity contribution is 14.1. The highest BCUT2D eigenvalue weighted by Gasteiger charge is 2.15.